The van der Waals surface area contributed by atoms with E-state index < -0.39 is 30.4 Å². The number of hydrogen-bond acceptors (Lipinski definition) is 3. The Morgan fingerprint density at radius 3 is 2.14 bits per heavy atom. The number of nitrogens with two attached hydrogens (primary N) is 1. The second-order valence-electron chi connectivity index (χ2n) is 3.90. The summed E-state index contributed by atoms with van der Waals surface area (Å²) in [6, 6.07) is 1.25. The second kappa shape index (κ2) is 7.76. The summed E-state index contributed by atoms with van der Waals surface area (Å²) in [4.78, 5) is 33.5. The number of amides is 3. The van der Waals surface area contributed by atoms with Crippen LogP contribution in [-0.2, 0) is 9.59 Å². The standard InChI is InChI=1S/C11H10Br3N3O4/c12-4-1-5(13)9(6(14)2-4)17-11(21)16-7(10(19)20)3-8(15)18/h1-2,7H,3H2,(H2,15,18)(H,19,20)(H2,16,17,21)/t7-/m0/s1. The van der Waals surface area contributed by atoms with Gasteiger partial charge in [0.15, 0.2) is 0 Å². The molecule has 1 atom stereocenters. The van der Waals surface area contributed by atoms with Crippen LogP contribution in [0.2, 0.25) is 0 Å². The van der Waals surface area contributed by atoms with Crippen LogP contribution in [-0.4, -0.2) is 29.1 Å². The number of primary amides is 1. The monoisotopic (exact) mass is 485 g/mol. The molecule has 3 amide bonds. The van der Waals surface area contributed by atoms with Crippen LogP contribution in [0.5, 0.6) is 0 Å². The number of halogens is 3. The predicted molar refractivity (Wildman–Crippen MR) is 86.9 cm³/mol. The number of urea groups is 1. The molecule has 0 aromatic heterocycles. The fraction of sp³-hybridized carbons (Fsp3) is 0.182. The Bertz CT molecular complexity index is 571. The maximum absolute atomic E-state index is 11.8. The molecule has 0 aliphatic carbocycles. The number of carboxylic acid groups (broad SMARTS) is 1. The molecule has 114 valence electrons. The Morgan fingerprint density at radius 2 is 1.71 bits per heavy atom. The number of carboxylic acids is 1. The van der Waals surface area contributed by atoms with Crippen LogP contribution < -0.4 is 16.4 Å². The molecular weight excluding hydrogens is 478 g/mol. The smallest absolute Gasteiger partial charge is 0.326 e. The number of nitrogens with one attached hydrogen (secondary N) is 2. The summed E-state index contributed by atoms with van der Waals surface area (Å²) >= 11 is 9.82. The van der Waals surface area contributed by atoms with Crippen LogP contribution in [0, 0.1) is 0 Å². The molecule has 0 saturated carbocycles. The van der Waals surface area contributed by atoms with Gasteiger partial charge in [0.05, 0.1) is 12.1 Å². The quantitative estimate of drug-likeness (QED) is 0.509. The molecule has 0 radical (unpaired) electrons. The number of aliphatic carboxylic acids is 1. The molecule has 1 aromatic carbocycles. The zero-order valence-electron chi connectivity index (χ0n) is 10.3. The van der Waals surface area contributed by atoms with Gasteiger partial charge in [-0.25, -0.2) is 9.59 Å². The van der Waals surface area contributed by atoms with E-state index in [1.165, 1.54) is 0 Å². The molecule has 1 rings (SSSR count). The van der Waals surface area contributed by atoms with Crippen LogP contribution in [0.1, 0.15) is 6.42 Å². The number of carbonyl (C=O) groups is 3. The summed E-state index contributed by atoms with van der Waals surface area (Å²) in [7, 11) is 0. The first-order chi connectivity index (χ1) is 9.70. The molecule has 0 bridgehead atoms. The van der Waals surface area contributed by atoms with Gasteiger partial charge < -0.3 is 21.5 Å². The molecule has 10 heteroatoms. The van der Waals surface area contributed by atoms with Crippen molar-refractivity contribution in [3.05, 3.63) is 25.6 Å². The summed E-state index contributed by atoms with van der Waals surface area (Å²) in [6.07, 6.45) is -0.495. The fourth-order valence-corrected chi connectivity index (χ4v) is 3.83. The van der Waals surface area contributed by atoms with Crippen LogP contribution >= 0.6 is 47.8 Å². The van der Waals surface area contributed by atoms with Crippen molar-refractivity contribution in [2.45, 2.75) is 12.5 Å². The van der Waals surface area contributed by atoms with E-state index in [0.717, 1.165) is 4.47 Å². The molecule has 0 heterocycles. The van der Waals surface area contributed by atoms with E-state index in [0.29, 0.717) is 14.6 Å². The summed E-state index contributed by atoms with van der Waals surface area (Å²) < 4.78 is 1.95. The van der Waals surface area contributed by atoms with Crippen molar-refractivity contribution in [3.8, 4) is 0 Å². The van der Waals surface area contributed by atoms with Crippen molar-refractivity contribution in [1.29, 1.82) is 0 Å². The Hall–Kier alpha value is -1.13. The summed E-state index contributed by atoms with van der Waals surface area (Å²) in [6.45, 7) is 0. The van der Waals surface area contributed by atoms with Gasteiger partial charge in [-0.2, -0.15) is 0 Å². The van der Waals surface area contributed by atoms with Gasteiger partial charge in [0.25, 0.3) is 0 Å². The van der Waals surface area contributed by atoms with Crippen LogP contribution in [0.4, 0.5) is 10.5 Å². The van der Waals surface area contributed by atoms with E-state index in [1.807, 2.05) is 0 Å². The molecule has 0 fully saturated rings. The lowest BCUT2D eigenvalue weighted by atomic mass is 10.2. The average Bonchev–Trinajstić information content (AvgIpc) is 2.32. The highest BCUT2D eigenvalue weighted by atomic mass is 79.9. The van der Waals surface area contributed by atoms with Gasteiger partial charge in [0.1, 0.15) is 6.04 Å². The molecule has 0 aliphatic heterocycles. The molecule has 0 spiro atoms. The first kappa shape index (κ1) is 17.9. The largest absolute Gasteiger partial charge is 0.480 e. The highest BCUT2D eigenvalue weighted by molar-refractivity contribution is 9.11. The zero-order valence-corrected chi connectivity index (χ0v) is 15.1. The van der Waals surface area contributed by atoms with Crippen LogP contribution in [0.3, 0.4) is 0 Å². The number of rotatable bonds is 5. The van der Waals surface area contributed by atoms with Crippen molar-refractivity contribution in [2.75, 3.05) is 5.32 Å². The van der Waals surface area contributed by atoms with Gasteiger partial charge >= 0.3 is 12.0 Å². The van der Waals surface area contributed by atoms with Gasteiger partial charge in [-0.1, -0.05) is 15.9 Å². The van der Waals surface area contributed by atoms with Crippen molar-refractivity contribution in [1.82, 2.24) is 5.32 Å². The van der Waals surface area contributed by atoms with Gasteiger partial charge in [-0.15, -0.1) is 0 Å². The van der Waals surface area contributed by atoms with Crippen molar-refractivity contribution in [3.63, 3.8) is 0 Å². The minimum Gasteiger partial charge on any atom is -0.480 e. The second-order valence-corrected chi connectivity index (χ2v) is 6.53. The summed E-state index contributed by atoms with van der Waals surface area (Å²) in [5.74, 6) is -2.17. The van der Waals surface area contributed by atoms with E-state index in [1.54, 1.807) is 12.1 Å². The number of carbonyl (C=O) groups excluding carboxylic acids is 2. The summed E-state index contributed by atoms with van der Waals surface area (Å²) in [5.41, 5.74) is 5.35. The van der Waals surface area contributed by atoms with Gasteiger partial charge in [0.2, 0.25) is 5.91 Å². The SMILES string of the molecule is NC(=O)C[C@H](NC(=O)Nc1c(Br)cc(Br)cc1Br)C(=O)O. The lowest BCUT2D eigenvalue weighted by Crippen LogP contribution is -2.45. The lowest BCUT2D eigenvalue weighted by Gasteiger charge is -2.15. The molecule has 0 saturated heterocycles. The van der Waals surface area contributed by atoms with Crippen LogP contribution in [0.25, 0.3) is 0 Å². The maximum Gasteiger partial charge on any atom is 0.326 e. The summed E-state index contributed by atoms with van der Waals surface area (Å²) in [5, 5.41) is 13.6. The third kappa shape index (κ3) is 5.64. The molecule has 7 nitrogen and oxygen atoms in total. The first-order valence-electron chi connectivity index (χ1n) is 5.44. The van der Waals surface area contributed by atoms with Gasteiger partial charge in [-0.3, -0.25) is 4.79 Å². The molecular formula is C11H10Br3N3O4. The fourth-order valence-electron chi connectivity index (χ4n) is 1.37. The third-order valence-corrected chi connectivity index (χ3v) is 3.96. The topological polar surface area (TPSA) is 122 Å². The van der Waals surface area contributed by atoms with Crippen molar-refractivity contribution >= 4 is 71.4 Å². The number of benzene rings is 1. The highest BCUT2D eigenvalue weighted by Crippen LogP contribution is 2.34. The van der Waals surface area contributed by atoms with E-state index in [4.69, 9.17) is 10.8 Å². The maximum atomic E-state index is 11.8. The Morgan fingerprint density at radius 1 is 1.19 bits per heavy atom. The Labute approximate surface area is 145 Å². The Balaban J connectivity index is 2.82. The normalized spacial score (nSPS) is 11.6. The van der Waals surface area contributed by atoms with Crippen molar-refractivity contribution < 1.29 is 19.5 Å². The first-order valence-corrected chi connectivity index (χ1v) is 7.81. The minimum atomic E-state index is -1.39. The molecule has 0 unspecified atom stereocenters. The van der Waals surface area contributed by atoms with Crippen molar-refractivity contribution in [2.24, 2.45) is 5.73 Å². The third-order valence-electron chi connectivity index (χ3n) is 2.25. The van der Waals surface area contributed by atoms with E-state index in [2.05, 4.69) is 58.4 Å². The zero-order chi connectivity index (χ0) is 16.2. The van der Waals surface area contributed by atoms with Crippen LogP contribution in [0.15, 0.2) is 25.6 Å². The molecule has 0 aliphatic rings. The number of anilines is 1. The minimum absolute atomic E-state index is 0.416. The molecule has 1 aromatic rings. The van der Waals surface area contributed by atoms with E-state index in [9.17, 15) is 14.4 Å². The van der Waals surface area contributed by atoms with Gasteiger partial charge in [-0.05, 0) is 44.0 Å². The molecule has 21 heavy (non-hydrogen) atoms. The van der Waals surface area contributed by atoms with Gasteiger partial charge in [0, 0.05) is 13.4 Å². The Kier molecular flexibility index (Phi) is 6.62. The number of hydrogen-bond donors (Lipinski definition) is 4. The predicted octanol–water partition coefficient (Wildman–Crippen LogP) is 2.42. The average molecular weight is 488 g/mol. The highest BCUT2D eigenvalue weighted by Gasteiger charge is 2.22. The lowest BCUT2D eigenvalue weighted by molar-refractivity contribution is -0.140. The van der Waals surface area contributed by atoms with E-state index >= 15 is 0 Å². The van der Waals surface area contributed by atoms with E-state index in [-0.39, 0.29) is 0 Å². The molecule has 5 N–H and O–H groups in total.